The van der Waals surface area contributed by atoms with Crippen molar-refractivity contribution >= 4 is 16.9 Å². The number of carboxylic acids is 1. The molecule has 0 spiro atoms. The summed E-state index contributed by atoms with van der Waals surface area (Å²) in [5, 5.41) is 78.9. The number of carboxylic acid groups (broad SMARTS) is 1. The Bertz CT molecular complexity index is 1310. The lowest BCUT2D eigenvalue weighted by molar-refractivity contribution is -0.271. The molecule has 1 saturated heterocycles. The number of ether oxygens (including phenoxy) is 2. The summed E-state index contributed by atoms with van der Waals surface area (Å²) in [6.45, 7) is 0. The van der Waals surface area contributed by atoms with Gasteiger partial charge in [-0.1, -0.05) is 0 Å². The molecule has 0 bridgehead atoms. The second kappa shape index (κ2) is 8.39. The summed E-state index contributed by atoms with van der Waals surface area (Å²) in [7, 11) is 0. The first kappa shape index (κ1) is 23.1. The molecule has 4 rings (SSSR count). The average molecular weight is 478 g/mol. The summed E-state index contributed by atoms with van der Waals surface area (Å²) in [5.74, 6) is -5.49. The molecule has 1 fully saturated rings. The molecule has 180 valence electrons. The van der Waals surface area contributed by atoms with Gasteiger partial charge in [-0.2, -0.15) is 0 Å². The largest absolute Gasteiger partial charge is 0.508 e. The second-order valence-electron chi connectivity index (χ2n) is 7.46. The van der Waals surface area contributed by atoms with Gasteiger partial charge in [0, 0.05) is 11.6 Å². The first-order valence-electron chi connectivity index (χ1n) is 9.64. The first-order valence-corrected chi connectivity index (χ1v) is 9.64. The molecule has 13 nitrogen and oxygen atoms in total. The van der Waals surface area contributed by atoms with E-state index in [4.69, 9.17) is 13.9 Å². The first-order chi connectivity index (χ1) is 16.0. The molecule has 0 saturated carbocycles. The lowest BCUT2D eigenvalue weighted by atomic mass is 9.99. The van der Waals surface area contributed by atoms with Gasteiger partial charge in [-0.15, -0.1) is 0 Å². The number of aliphatic carboxylic acids is 1. The number of phenols is 3. The van der Waals surface area contributed by atoms with Gasteiger partial charge in [0.2, 0.25) is 23.2 Å². The number of rotatable bonds is 4. The van der Waals surface area contributed by atoms with Crippen LogP contribution in [0.2, 0.25) is 0 Å². The lowest BCUT2D eigenvalue weighted by Gasteiger charge is -2.38. The van der Waals surface area contributed by atoms with E-state index in [2.05, 4.69) is 0 Å². The third-order valence-electron chi connectivity index (χ3n) is 5.23. The van der Waals surface area contributed by atoms with E-state index in [1.807, 2.05) is 0 Å². The lowest BCUT2D eigenvalue weighted by Crippen LogP contribution is -2.61. The minimum Gasteiger partial charge on any atom is -0.508 e. The highest BCUT2D eigenvalue weighted by atomic mass is 16.7. The fourth-order valence-electron chi connectivity index (χ4n) is 3.49. The molecule has 5 atom stereocenters. The summed E-state index contributed by atoms with van der Waals surface area (Å²) in [5.41, 5.74) is -1.64. The van der Waals surface area contributed by atoms with Gasteiger partial charge in [0.25, 0.3) is 0 Å². The molecule has 2 heterocycles. The molecular weight excluding hydrogens is 460 g/mol. The van der Waals surface area contributed by atoms with Gasteiger partial charge in [-0.3, -0.25) is 4.79 Å². The number of carbonyl (C=O) groups is 1. The van der Waals surface area contributed by atoms with Gasteiger partial charge in [0.15, 0.2) is 23.2 Å². The summed E-state index contributed by atoms with van der Waals surface area (Å²) in [4.78, 5) is 24.1. The van der Waals surface area contributed by atoms with Crippen LogP contribution in [0.15, 0.2) is 39.5 Å². The summed E-state index contributed by atoms with van der Waals surface area (Å²) >= 11 is 0. The van der Waals surface area contributed by atoms with Crippen LogP contribution in [-0.4, -0.2) is 77.5 Å². The number of hydrogen-bond acceptors (Lipinski definition) is 12. The van der Waals surface area contributed by atoms with E-state index >= 15 is 0 Å². The molecule has 0 amide bonds. The number of aromatic hydroxyl groups is 4. The molecule has 1 aliphatic rings. The predicted octanol–water partition coefficient (Wildman–Crippen LogP) is -0.447. The fraction of sp³-hybridized carbons (Fsp3) is 0.238. The molecule has 2 aromatic carbocycles. The van der Waals surface area contributed by atoms with Crippen LogP contribution in [0.5, 0.6) is 28.7 Å². The highest BCUT2D eigenvalue weighted by molar-refractivity contribution is 5.93. The smallest absolute Gasteiger partial charge is 0.335 e. The third kappa shape index (κ3) is 3.72. The molecule has 0 radical (unpaired) electrons. The monoisotopic (exact) mass is 478 g/mol. The summed E-state index contributed by atoms with van der Waals surface area (Å²) in [6, 6.07) is 5.74. The van der Waals surface area contributed by atoms with Gasteiger partial charge >= 0.3 is 5.97 Å². The molecular formula is C21H18O13. The van der Waals surface area contributed by atoms with Crippen LogP contribution >= 0.6 is 0 Å². The van der Waals surface area contributed by atoms with E-state index in [1.165, 1.54) is 24.3 Å². The minimum atomic E-state index is -2.02. The molecule has 5 unspecified atom stereocenters. The van der Waals surface area contributed by atoms with E-state index in [1.54, 1.807) is 0 Å². The molecule has 0 aliphatic carbocycles. The Morgan fingerprint density at radius 2 is 1.56 bits per heavy atom. The van der Waals surface area contributed by atoms with E-state index in [0.717, 1.165) is 0 Å². The zero-order valence-electron chi connectivity index (χ0n) is 16.9. The van der Waals surface area contributed by atoms with Crippen molar-refractivity contribution in [3.8, 4) is 40.1 Å². The predicted molar refractivity (Wildman–Crippen MR) is 110 cm³/mol. The molecule has 13 heteroatoms. The quantitative estimate of drug-likeness (QED) is 0.238. The van der Waals surface area contributed by atoms with Crippen LogP contribution in [0, 0.1) is 0 Å². The van der Waals surface area contributed by atoms with Crippen molar-refractivity contribution < 1.29 is 59.5 Å². The van der Waals surface area contributed by atoms with Crippen LogP contribution in [0.1, 0.15) is 0 Å². The maximum atomic E-state index is 12.8. The Labute approximate surface area is 188 Å². The van der Waals surface area contributed by atoms with Gasteiger partial charge in [-0.25, -0.2) is 4.79 Å². The number of phenolic OH excluding ortho intramolecular Hbond substituents is 3. The number of benzene rings is 2. The summed E-state index contributed by atoms with van der Waals surface area (Å²) < 4.78 is 15.9. The SMILES string of the molecule is O=C(O)C1OC(Oc2c(O)cc(O)c3c(=O)c(O)c(-c4ccc(O)cc4)oc23)C(O)C(O)C1O. The van der Waals surface area contributed by atoms with Crippen molar-refractivity contribution in [2.75, 3.05) is 0 Å². The van der Waals surface area contributed by atoms with Crippen molar-refractivity contribution in [1.82, 2.24) is 0 Å². The van der Waals surface area contributed by atoms with Gasteiger partial charge in [0.05, 0.1) is 0 Å². The number of aliphatic hydroxyl groups excluding tert-OH is 3. The van der Waals surface area contributed by atoms with Crippen LogP contribution in [0.4, 0.5) is 0 Å². The Balaban J connectivity index is 1.88. The molecule has 1 aromatic heterocycles. The van der Waals surface area contributed by atoms with Crippen molar-refractivity contribution in [3.05, 3.63) is 40.6 Å². The highest BCUT2D eigenvalue weighted by Gasteiger charge is 2.48. The highest BCUT2D eigenvalue weighted by Crippen LogP contribution is 2.43. The van der Waals surface area contributed by atoms with Crippen LogP contribution < -0.4 is 10.2 Å². The second-order valence-corrected chi connectivity index (χ2v) is 7.46. The third-order valence-corrected chi connectivity index (χ3v) is 5.23. The van der Waals surface area contributed by atoms with Crippen molar-refractivity contribution in [3.63, 3.8) is 0 Å². The van der Waals surface area contributed by atoms with E-state index < -0.39 is 81.8 Å². The van der Waals surface area contributed by atoms with Gasteiger partial charge in [-0.05, 0) is 24.3 Å². The molecule has 34 heavy (non-hydrogen) atoms. The minimum absolute atomic E-state index is 0.113. The van der Waals surface area contributed by atoms with E-state index in [9.17, 15) is 50.4 Å². The Morgan fingerprint density at radius 3 is 2.18 bits per heavy atom. The number of hydrogen-bond donors (Lipinski definition) is 8. The van der Waals surface area contributed by atoms with Gasteiger partial charge < -0.3 is 54.7 Å². The van der Waals surface area contributed by atoms with Crippen LogP contribution in [0.25, 0.3) is 22.3 Å². The number of aliphatic hydroxyl groups is 3. The standard InChI is InChI=1S/C21H18O13/c22-7-3-1-6(2-4-7)16-13(27)11(25)10-8(23)5-9(24)17(18(10)32-16)33-21-15(29)12(26)14(28)19(34-21)20(30)31/h1-5,12,14-15,19,21-24,26-29H,(H,30,31). The number of fused-ring (bicyclic) bond motifs is 1. The zero-order chi connectivity index (χ0) is 24.9. The fourth-order valence-corrected chi connectivity index (χ4v) is 3.49. The van der Waals surface area contributed by atoms with E-state index in [-0.39, 0.29) is 11.3 Å². The Kier molecular flexibility index (Phi) is 5.70. The van der Waals surface area contributed by atoms with Crippen LogP contribution in [-0.2, 0) is 9.53 Å². The molecule has 8 N–H and O–H groups in total. The Hall–Kier alpha value is -4.04. The van der Waals surface area contributed by atoms with Crippen molar-refractivity contribution in [2.24, 2.45) is 0 Å². The maximum Gasteiger partial charge on any atom is 0.335 e. The molecule has 1 aliphatic heterocycles. The Morgan fingerprint density at radius 1 is 0.912 bits per heavy atom. The van der Waals surface area contributed by atoms with E-state index in [0.29, 0.717) is 6.07 Å². The van der Waals surface area contributed by atoms with Crippen molar-refractivity contribution in [1.29, 1.82) is 0 Å². The zero-order valence-corrected chi connectivity index (χ0v) is 16.9. The summed E-state index contributed by atoms with van der Waals surface area (Å²) in [6.07, 6.45) is -10.0. The average Bonchev–Trinajstić information content (AvgIpc) is 2.78. The van der Waals surface area contributed by atoms with Crippen molar-refractivity contribution in [2.45, 2.75) is 30.7 Å². The topological polar surface area (TPSA) is 228 Å². The molecule has 3 aromatic rings. The van der Waals surface area contributed by atoms with Gasteiger partial charge in [0.1, 0.15) is 35.2 Å². The van der Waals surface area contributed by atoms with Crippen LogP contribution in [0.3, 0.4) is 0 Å². The normalized spacial score (nSPS) is 24.7. The maximum absolute atomic E-state index is 12.8.